The number of Topliss-reactive ketones (excluding diaryl/α,β-unsaturated/α-hetero) is 1. The van der Waals surface area contributed by atoms with Gasteiger partial charge in [0.15, 0.2) is 5.78 Å². The fraction of sp³-hybridized carbons (Fsp3) is 0.107. The number of carbonyl (C=O) groups excluding carboxylic acids is 3. The highest BCUT2D eigenvalue weighted by Gasteiger charge is 2.36. The van der Waals surface area contributed by atoms with Crippen LogP contribution in [0, 0.1) is 12.7 Å². The standard InChI is InChI=1S/C28H19BrClFN2O3S/c1-16-5-7-17(8-6-16)25(34)15-33-27(35)26(37-28(33)36)11-18-13-32(24-10-9-19(29)12-20(18)24)14-21-22(30)3-2-4-23(21)31/h2-13H,14-15H2,1H3/b26-11-. The quantitative estimate of drug-likeness (QED) is 0.171. The van der Waals surface area contributed by atoms with E-state index in [-0.39, 0.29) is 23.8 Å². The number of nitrogens with zero attached hydrogens (tertiary/aromatic N) is 2. The monoisotopic (exact) mass is 596 g/mol. The average Bonchev–Trinajstić information content (AvgIpc) is 3.33. The van der Waals surface area contributed by atoms with Crippen LogP contribution in [0.2, 0.25) is 5.02 Å². The van der Waals surface area contributed by atoms with E-state index in [1.165, 1.54) is 6.07 Å². The summed E-state index contributed by atoms with van der Waals surface area (Å²) in [5.41, 5.74) is 3.29. The van der Waals surface area contributed by atoms with Crippen LogP contribution in [0.1, 0.15) is 27.0 Å². The van der Waals surface area contributed by atoms with Crippen molar-refractivity contribution in [3.05, 3.63) is 109 Å². The molecule has 1 aromatic heterocycles. The Labute approximate surface area is 230 Å². The number of rotatable bonds is 6. The fourth-order valence-electron chi connectivity index (χ4n) is 4.15. The number of ketones is 1. The van der Waals surface area contributed by atoms with Crippen molar-refractivity contribution in [1.82, 2.24) is 9.47 Å². The zero-order valence-corrected chi connectivity index (χ0v) is 22.7. The van der Waals surface area contributed by atoms with Crippen LogP contribution in [0.15, 0.2) is 76.2 Å². The van der Waals surface area contributed by atoms with E-state index < -0.39 is 17.0 Å². The number of imide groups is 1. The SMILES string of the molecule is Cc1ccc(C(=O)CN2C(=O)S/C(=C\c3cn(Cc4c(F)cccc4Cl)c4ccc(Br)cc34)C2=O)cc1. The van der Waals surface area contributed by atoms with E-state index in [9.17, 15) is 18.8 Å². The van der Waals surface area contributed by atoms with Crippen LogP contribution in [0.25, 0.3) is 17.0 Å². The van der Waals surface area contributed by atoms with Crippen LogP contribution in [0.4, 0.5) is 9.18 Å². The second-order valence-electron chi connectivity index (χ2n) is 8.63. The second kappa shape index (κ2) is 10.3. The maximum atomic E-state index is 14.5. The molecule has 9 heteroatoms. The van der Waals surface area contributed by atoms with Crippen molar-refractivity contribution in [2.75, 3.05) is 6.54 Å². The Hall–Kier alpha value is -3.20. The molecule has 0 spiro atoms. The summed E-state index contributed by atoms with van der Waals surface area (Å²) in [4.78, 5) is 39.6. The van der Waals surface area contributed by atoms with Gasteiger partial charge in [0.05, 0.1) is 18.0 Å². The van der Waals surface area contributed by atoms with Crippen molar-refractivity contribution in [1.29, 1.82) is 0 Å². The van der Waals surface area contributed by atoms with Crippen LogP contribution in [0.5, 0.6) is 0 Å². The Bertz CT molecular complexity index is 1590. The maximum Gasteiger partial charge on any atom is 0.293 e. The van der Waals surface area contributed by atoms with E-state index in [1.807, 2.05) is 41.8 Å². The number of fused-ring (bicyclic) bond motifs is 1. The van der Waals surface area contributed by atoms with E-state index in [1.54, 1.807) is 36.5 Å². The summed E-state index contributed by atoms with van der Waals surface area (Å²) in [5.74, 6) is -1.25. The Balaban J connectivity index is 1.47. The molecule has 1 aliphatic heterocycles. The van der Waals surface area contributed by atoms with Crippen LogP contribution in [0.3, 0.4) is 0 Å². The first-order chi connectivity index (χ1) is 17.7. The molecule has 5 nitrogen and oxygen atoms in total. The van der Waals surface area contributed by atoms with Crippen molar-refractivity contribution >= 4 is 73.2 Å². The van der Waals surface area contributed by atoms with Crippen molar-refractivity contribution < 1.29 is 18.8 Å². The molecule has 0 bridgehead atoms. The first-order valence-electron chi connectivity index (χ1n) is 11.3. The number of hydrogen-bond donors (Lipinski definition) is 0. The van der Waals surface area contributed by atoms with E-state index in [0.29, 0.717) is 21.7 Å². The van der Waals surface area contributed by atoms with Gasteiger partial charge in [-0.05, 0) is 55.1 Å². The first kappa shape index (κ1) is 25.4. The molecule has 0 atom stereocenters. The van der Waals surface area contributed by atoms with Gasteiger partial charge in [0.2, 0.25) is 0 Å². The summed E-state index contributed by atoms with van der Waals surface area (Å²) in [7, 11) is 0. The molecule has 0 N–H and O–H groups in total. The molecule has 1 saturated heterocycles. The molecule has 3 aromatic carbocycles. The summed E-state index contributed by atoms with van der Waals surface area (Å²) < 4.78 is 17.2. The molecule has 0 saturated carbocycles. The number of aromatic nitrogens is 1. The lowest BCUT2D eigenvalue weighted by molar-refractivity contribution is -0.122. The Kier molecular flexibility index (Phi) is 7.07. The highest BCUT2D eigenvalue weighted by atomic mass is 79.9. The third kappa shape index (κ3) is 5.14. The predicted molar refractivity (Wildman–Crippen MR) is 148 cm³/mol. The van der Waals surface area contributed by atoms with Crippen LogP contribution in [-0.2, 0) is 11.3 Å². The highest BCUT2D eigenvalue weighted by molar-refractivity contribution is 9.10. The Morgan fingerprint density at radius 3 is 2.59 bits per heavy atom. The van der Waals surface area contributed by atoms with Crippen LogP contribution in [-0.4, -0.2) is 32.9 Å². The van der Waals surface area contributed by atoms with Gasteiger partial charge >= 0.3 is 0 Å². The average molecular weight is 598 g/mol. The topological polar surface area (TPSA) is 59.4 Å². The van der Waals surface area contributed by atoms with Gasteiger partial charge in [-0.3, -0.25) is 19.3 Å². The lowest BCUT2D eigenvalue weighted by Crippen LogP contribution is -2.33. The number of hydrogen-bond acceptors (Lipinski definition) is 4. The minimum absolute atomic E-state index is 0.185. The normalized spacial score (nSPS) is 14.8. The fourth-order valence-corrected chi connectivity index (χ4v) is 5.56. The van der Waals surface area contributed by atoms with Crippen molar-refractivity contribution in [3.8, 4) is 0 Å². The second-order valence-corrected chi connectivity index (χ2v) is 10.9. The molecule has 0 aliphatic carbocycles. The summed E-state index contributed by atoms with van der Waals surface area (Å²) in [6, 6.07) is 17.2. The van der Waals surface area contributed by atoms with E-state index in [4.69, 9.17) is 11.6 Å². The predicted octanol–water partition coefficient (Wildman–Crippen LogP) is 7.47. The minimum Gasteiger partial charge on any atom is -0.342 e. The molecule has 2 amide bonds. The molecular weight excluding hydrogens is 579 g/mol. The lowest BCUT2D eigenvalue weighted by Gasteiger charge is -2.11. The number of thioether (sulfide) groups is 1. The largest absolute Gasteiger partial charge is 0.342 e. The zero-order chi connectivity index (χ0) is 26.3. The summed E-state index contributed by atoms with van der Waals surface area (Å²) >= 11 is 10.5. The molecule has 2 heterocycles. The van der Waals surface area contributed by atoms with Gasteiger partial charge < -0.3 is 4.57 Å². The van der Waals surface area contributed by atoms with Gasteiger partial charge in [0.1, 0.15) is 5.82 Å². The number of aryl methyl sites for hydroxylation is 1. The van der Waals surface area contributed by atoms with Gasteiger partial charge in [-0.15, -0.1) is 0 Å². The molecule has 1 fully saturated rings. The maximum absolute atomic E-state index is 14.5. The van der Waals surface area contributed by atoms with E-state index in [0.717, 1.165) is 37.6 Å². The van der Waals surface area contributed by atoms with Gasteiger partial charge in [-0.25, -0.2) is 4.39 Å². The third-order valence-electron chi connectivity index (χ3n) is 6.10. The van der Waals surface area contributed by atoms with Crippen molar-refractivity contribution in [3.63, 3.8) is 0 Å². The van der Waals surface area contributed by atoms with Crippen molar-refractivity contribution in [2.45, 2.75) is 13.5 Å². The molecule has 4 aromatic rings. The van der Waals surface area contributed by atoms with E-state index >= 15 is 0 Å². The Morgan fingerprint density at radius 2 is 1.86 bits per heavy atom. The molecule has 0 unspecified atom stereocenters. The smallest absolute Gasteiger partial charge is 0.293 e. The van der Waals surface area contributed by atoms with Crippen LogP contribution < -0.4 is 0 Å². The minimum atomic E-state index is -0.525. The van der Waals surface area contributed by atoms with Gasteiger partial charge in [-0.2, -0.15) is 0 Å². The van der Waals surface area contributed by atoms with Gasteiger partial charge in [0, 0.05) is 43.3 Å². The molecular formula is C28H19BrClFN2O3S. The third-order valence-corrected chi connectivity index (χ3v) is 7.85. The number of carbonyl (C=O) groups is 3. The number of amides is 2. The summed E-state index contributed by atoms with van der Waals surface area (Å²) in [6.07, 6.45) is 3.43. The summed E-state index contributed by atoms with van der Waals surface area (Å²) in [6.45, 7) is 1.77. The molecule has 37 heavy (non-hydrogen) atoms. The lowest BCUT2D eigenvalue weighted by atomic mass is 10.1. The van der Waals surface area contributed by atoms with E-state index in [2.05, 4.69) is 15.9 Å². The van der Waals surface area contributed by atoms with Crippen molar-refractivity contribution in [2.24, 2.45) is 0 Å². The molecule has 0 radical (unpaired) electrons. The number of halogens is 3. The van der Waals surface area contributed by atoms with Gasteiger partial charge in [0.25, 0.3) is 11.1 Å². The Morgan fingerprint density at radius 1 is 1.11 bits per heavy atom. The number of benzene rings is 3. The summed E-state index contributed by atoms with van der Waals surface area (Å²) in [5, 5.41) is 0.629. The highest BCUT2D eigenvalue weighted by Crippen LogP contribution is 2.35. The van der Waals surface area contributed by atoms with Gasteiger partial charge in [-0.1, -0.05) is 63.4 Å². The van der Waals surface area contributed by atoms with Crippen LogP contribution >= 0.6 is 39.3 Å². The molecule has 5 rings (SSSR count). The zero-order valence-electron chi connectivity index (χ0n) is 19.5. The molecule has 186 valence electrons. The first-order valence-corrected chi connectivity index (χ1v) is 13.3. The molecule has 1 aliphatic rings.